The zero-order valence-electron chi connectivity index (χ0n) is 9.41. The zero-order valence-corrected chi connectivity index (χ0v) is 9.41. The summed E-state index contributed by atoms with van der Waals surface area (Å²) in [6, 6.07) is -1.13. The predicted molar refractivity (Wildman–Crippen MR) is 58.8 cm³/mol. The number of fused-ring (bicyclic) bond motifs is 1. The molecule has 0 spiro atoms. The fourth-order valence-electron chi connectivity index (χ4n) is 1.67. The Morgan fingerprint density at radius 3 is 2.94 bits per heavy atom. The number of imidazole rings is 1. The molecule has 0 saturated heterocycles. The molecule has 0 aliphatic carbocycles. The molecule has 90 valence electrons. The monoisotopic (exact) mass is 236 g/mol. The van der Waals surface area contributed by atoms with Gasteiger partial charge in [-0.15, -0.1) is 0 Å². The molecule has 0 fully saturated rings. The van der Waals surface area contributed by atoms with Crippen LogP contribution in [0, 0.1) is 6.92 Å². The number of ether oxygens (including phenoxy) is 1. The summed E-state index contributed by atoms with van der Waals surface area (Å²) in [5.41, 5.74) is 7.15. The van der Waals surface area contributed by atoms with Crippen LogP contribution >= 0.6 is 0 Å². The van der Waals surface area contributed by atoms with Crippen LogP contribution in [-0.4, -0.2) is 32.6 Å². The molecule has 3 N–H and O–H groups in total. The second kappa shape index (κ2) is 4.02. The topological polar surface area (TPSA) is 103 Å². The van der Waals surface area contributed by atoms with Gasteiger partial charge in [-0.1, -0.05) is 0 Å². The second-order valence-electron chi connectivity index (χ2n) is 3.56. The fourth-order valence-corrected chi connectivity index (χ4v) is 1.67. The van der Waals surface area contributed by atoms with E-state index in [1.54, 1.807) is 17.5 Å². The Labute approximate surface area is 96.9 Å². The molecule has 2 aromatic heterocycles. The van der Waals surface area contributed by atoms with Crippen molar-refractivity contribution in [1.82, 2.24) is 14.4 Å². The van der Waals surface area contributed by atoms with Crippen molar-refractivity contribution in [3.8, 4) is 5.88 Å². The molecule has 1 unspecified atom stereocenters. The SMILES string of the molecule is COc1cn2c(C(N)C(=O)O)c(C)nc2cn1. The van der Waals surface area contributed by atoms with E-state index < -0.39 is 12.0 Å². The van der Waals surface area contributed by atoms with Crippen LogP contribution in [0.25, 0.3) is 5.65 Å². The van der Waals surface area contributed by atoms with Crippen LogP contribution < -0.4 is 10.5 Å². The largest absolute Gasteiger partial charge is 0.480 e. The Balaban J connectivity index is 2.68. The highest BCUT2D eigenvalue weighted by molar-refractivity contribution is 5.75. The van der Waals surface area contributed by atoms with Gasteiger partial charge in [-0.3, -0.25) is 9.20 Å². The molecule has 2 heterocycles. The Morgan fingerprint density at radius 2 is 2.35 bits per heavy atom. The number of hydrogen-bond acceptors (Lipinski definition) is 5. The molecule has 17 heavy (non-hydrogen) atoms. The highest BCUT2D eigenvalue weighted by Crippen LogP contribution is 2.19. The lowest BCUT2D eigenvalue weighted by atomic mass is 10.2. The lowest BCUT2D eigenvalue weighted by Gasteiger charge is -2.08. The van der Waals surface area contributed by atoms with Crippen molar-refractivity contribution >= 4 is 11.6 Å². The zero-order chi connectivity index (χ0) is 12.6. The summed E-state index contributed by atoms with van der Waals surface area (Å²) < 4.78 is 6.56. The lowest BCUT2D eigenvalue weighted by Crippen LogP contribution is -2.23. The lowest BCUT2D eigenvalue weighted by molar-refractivity contribution is -0.138. The number of methoxy groups -OCH3 is 1. The van der Waals surface area contributed by atoms with Crippen LogP contribution in [0.4, 0.5) is 0 Å². The van der Waals surface area contributed by atoms with Gasteiger partial charge in [0.15, 0.2) is 5.65 Å². The molecule has 0 saturated carbocycles. The first-order valence-electron chi connectivity index (χ1n) is 4.91. The number of carboxylic acid groups (broad SMARTS) is 1. The molecule has 0 bridgehead atoms. The Bertz CT molecular complexity index is 578. The number of carbonyl (C=O) groups is 1. The molecular formula is C10H12N4O3. The number of carboxylic acids is 1. The van der Waals surface area contributed by atoms with Crippen molar-refractivity contribution in [2.75, 3.05) is 7.11 Å². The van der Waals surface area contributed by atoms with Gasteiger partial charge in [-0.05, 0) is 6.92 Å². The van der Waals surface area contributed by atoms with E-state index >= 15 is 0 Å². The van der Waals surface area contributed by atoms with Crippen LogP contribution in [0.5, 0.6) is 5.88 Å². The van der Waals surface area contributed by atoms with Crippen molar-refractivity contribution in [2.45, 2.75) is 13.0 Å². The molecule has 0 aliphatic rings. The van der Waals surface area contributed by atoms with E-state index in [0.29, 0.717) is 22.9 Å². The summed E-state index contributed by atoms with van der Waals surface area (Å²) in [6.07, 6.45) is 3.07. The number of nitrogens with two attached hydrogens (primary N) is 1. The summed E-state index contributed by atoms with van der Waals surface area (Å²) in [7, 11) is 1.48. The van der Waals surface area contributed by atoms with Crippen molar-refractivity contribution in [1.29, 1.82) is 0 Å². The average Bonchev–Trinajstić information content (AvgIpc) is 2.62. The molecule has 7 nitrogen and oxygen atoms in total. The molecule has 0 aliphatic heterocycles. The van der Waals surface area contributed by atoms with Crippen molar-refractivity contribution in [2.24, 2.45) is 5.73 Å². The molecule has 2 rings (SSSR count). The maximum Gasteiger partial charge on any atom is 0.326 e. The second-order valence-corrected chi connectivity index (χ2v) is 3.56. The van der Waals surface area contributed by atoms with Gasteiger partial charge >= 0.3 is 5.97 Å². The van der Waals surface area contributed by atoms with Gasteiger partial charge < -0.3 is 15.6 Å². The van der Waals surface area contributed by atoms with E-state index in [0.717, 1.165) is 0 Å². The molecule has 0 amide bonds. The molecule has 0 aromatic carbocycles. The maximum absolute atomic E-state index is 10.9. The molecule has 0 radical (unpaired) electrons. The van der Waals surface area contributed by atoms with E-state index in [1.165, 1.54) is 13.3 Å². The van der Waals surface area contributed by atoms with Gasteiger partial charge in [0, 0.05) is 0 Å². The van der Waals surface area contributed by atoms with Crippen LogP contribution in [0.2, 0.25) is 0 Å². The van der Waals surface area contributed by atoms with Gasteiger partial charge in [-0.25, -0.2) is 9.97 Å². The minimum absolute atomic E-state index is 0.369. The minimum atomic E-state index is -1.13. The van der Waals surface area contributed by atoms with Crippen LogP contribution in [-0.2, 0) is 4.79 Å². The van der Waals surface area contributed by atoms with Gasteiger partial charge in [0.1, 0.15) is 6.04 Å². The predicted octanol–water partition coefficient (Wildman–Crippen LogP) is 0.131. The fraction of sp³-hybridized carbons (Fsp3) is 0.300. The van der Waals surface area contributed by atoms with E-state index in [1.807, 2.05) is 0 Å². The Kier molecular flexibility index (Phi) is 2.68. The highest BCUT2D eigenvalue weighted by atomic mass is 16.5. The number of aliphatic carboxylic acids is 1. The normalized spacial score (nSPS) is 12.6. The third kappa shape index (κ3) is 1.80. The molecule has 2 aromatic rings. The van der Waals surface area contributed by atoms with E-state index in [9.17, 15) is 4.79 Å². The van der Waals surface area contributed by atoms with E-state index in [-0.39, 0.29) is 0 Å². The summed E-state index contributed by atoms with van der Waals surface area (Å²) in [5, 5.41) is 8.95. The Hall–Kier alpha value is -2.15. The number of aromatic nitrogens is 3. The van der Waals surface area contributed by atoms with Gasteiger partial charge in [0.2, 0.25) is 5.88 Å². The summed E-state index contributed by atoms with van der Waals surface area (Å²) >= 11 is 0. The van der Waals surface area contributed by atoms with Crippen molar-refractivity contribution in [3.63, 3.8) is 0 Å². The first-order chi connectivity index (χ1) is 8.04. The smallest absolute Gasteiger partial charge is 0.326 e. The summed E-state index contributed by atoms with van der Waals surface area (Å²) in [4.78, 5) is 19.1. The molecule has 7 heteroatoms. The highest BCUT2D eigenvalue weighted by Gasteiger charge is 2.22. The van der Waals surface area contributed by atoms with Crippen LogP contribution in [0.3, 0.4) is 0 Å². The Morgan fingerprint density at radius 1 is 1.65 bits per heavy atom. The third-order valence-electron chi connectivity index (χ3n) is 2.48. The average molecular weight is 236 g/mol. The first kappa shape index (κ1) is 11.3. The molecule has 1 atom stereocenters. The van der Waals surface area contributed by atoms with Crippen molar-refractivity contribution < 1.29 is 14.6 Å². The maximum atomic E-state index is 10.9. The summed E-state index contributed by atoms with van der Waals surface area (Å²) in [6.45, 7) is 1.71. The number of rotatable bonds is 3. The van der Waals surface area contributed by atoms with Gasteiger partial charge in [0.25, 0.3) is 0 Å². The van der Waals surface area contributed by atoms with E-state index in [2.05, 4.69) is 9.97 Å². The van der Waals surface area contributed by atoms with Crippen LogP contribution in [0.15, 0.2) is 12.4 Å². The van der Waals surface area contributed by atoms with Gasteiger partial charge in [-0.2, -0.15) is 0 Å². The van der Waals surface area contributed by atoms with Gasteiger partial charge in [0.05, 0.1) is 30.9 Å². The third-order valence-corrected chi connectivity index (χ3v) is 2.48. The standard InChI is InChI=1S/C10H12N4O3/c1-5-9(8(11)10(15)16)14-4-7(17-2)12-3-6(14)13-5/h3-4,8H,11H2,1-2H3,(H,15,16). The van der Waals surface area contributed by atoms with Crippen LogP contribution in [0.1, 0.15) is 17.4 Å². The number of aryl methyl sites for hydroxylation is 1. The first-order valence-corrected chi connectivity index (χ1v) is 4.91. The quantitative estimate of drug-likeness (QED) is 0.785. The minimum Gasteiger partial charge on any atom is -0.480 e. The number of nitrogens with zero attached hydrogens (tertiary/aromatic N) is 3. The molecular weight excluding hydrogens is 224 g/mol. The van der Waals surface area contributed by atoms with Crippen molar-refractivity contribution in [3.05, 3.63) is 23.8 Å². The summed E-state index contributed by atoms with van der Waals surface area (Å²) in [5.74, 6) is -0.737. The number of hydrogen-bond donors (Lipinski definition) is 2. The van der Waals surface area contributed by atoms with E-state index in [4.69, 9.17) is 15.6 Å².